The van der Waals surface area contributed by atoms with Crippen molar-refractivity contribution in [3.8, 4) is 5.75 Å². The van der Waals surface area contributed by atoms with E-state index in [2.05, 4.69) is 20.4 Å². The fraction of sp³-hybridized carbons (Fsp3) is 0.250. The maximum Gasteiger partial charge on any atom is 0.256 e. The Kier molecular flexibility index (Phi) is 7.15. The van der Waals surface area contributed by atoms with Gasteiger partial charge < -0.3 is 10.1 Å². The molecular formula is C24H24ClN5O2S. The van der Waals surface area contributed by atoms with Crippen LogP contribution in [-0.4, -0.2) is 32.1 Å². The Morgan fingerprint density at radius 3 is 2.79 bits per heavy atom. The molecule has 4 rings (SSSR count). The molecule has 4 aromatic rings. The van der Waals surface area contributed by atoms with E-state index < -0.39 is 0 Å². The standard InChI is InChI=1S/C24H24ClN5O2S/c1-4-11-32-21-10-9-18(25)13-20(21)27-22(31)19-8-6-5-7-17(19)14-33-24-28-23-26-15(2)12-16(3)30(23)29-24/h5-10,12-13H,4,11,14H2,1-3H3,(H,27,31). The summed E-state index contributed by atoms with van der Waals surface area (Å²) in [4.78, 5) is 22.1. The third kappa shape index (κ3) is 5.46. The summed E-state index contributed by atoms with van der Waals surface area (Å²) < 4.78 is 7.49. The average molecular weight is 482 g/mol. The van der Waals surface area contributed by atoms with Gasteiger partial charge in [0.25, 0.3) is 11.7 Å². The SMILES string of the molecule is CCCOc1ccc(Cl)cc1NC(=O)c1ccccc1CSc1nc2nc(C)cc(C)n2n1. The van der Waals surface area contributed by atoms with E-state index in [4.69, 9.17) is 16.3 Å². The number of nitrogens with zero attached hydrogens (tertiary/aromatic N) is 4. The molecule has 33 heavy (non-hydrogen) atoms. The molecule has 0 unspecified atom stereocenters. The Morgan fingerprint density at radius 1 is 1.15 bits per heavy atom. The second kappa shape index (κ2) is 10.2. The third-order valence-corrected chi connectivity index (χ3v) is 5.99. The predicted molar refractivity (Wildman–Crippen MR) is 131 cm³/mol. The highest BCUT2D eigenvalue weighted by atomic mass is 35.5. The fourth-order valence-electron chi connectivity index (χ4n) is 3.35. The molecule has 0 bridgehead atoms. The number of amides is 1. The Bertz CT molecular complexity index is 1310. The predicted octanol–water partition coefficient (Wildman–Crippen LogP) is 5.73. The van der Waals surface area contributed by atoms with Gasteiger partial charge in [-0.15, -0.1) is 5.10 Å². The van der Waals surface area contributed by atoms with Crippen LogP contribution in [0.1, 0.15) is 40.7 Å². The average Bonchev–Trinajstić information content (AvgIpc) is 3.20. The zero-order valence-electron chi connectivity index (χ0n) is 18.6. The fourth-order valence-corrected chi connectivity index (χ4v) is 4.34. The van der Waals surface area contributed by atoms with Crippen molar-refractivity contribution < 1.29 is 9.53 Å². The van der Waals surface area contributed by atoms with Crippen molar-refractivity contribution in [3.05, 3.63) is 76.1 Å². The largest absolute Gasteiger partial charge is 0.491 e. The van der Waals surface area contributed by atoms with Gasteiger partial charge in [-0.1, -0.05) is 48.5 Å². The molecule has 2 aromatic carbocycles. The molecule has 0 radical (unpaired) electrons. The maximum atomic E-state index is 13.1. The van der Waals surface area contributed by atoms with Crippen molar-refractivity contribution in [2.24, 2.45) is 0 Å². The van der Waals surface area contributed by atoms with E-state index in [-0.39, 0.29) is 5.91 Å². The van der Waals surface area contributed by atoms with E-state index >= 15 is 0 Å². The minimum atomic E-state index is -0.231. The Morgan fingerprint density at radius 2 is 1.97 bits per heavy atom. The first-order valence-electron chi connectivity index (χ1n) is 10.6. The molecule has 170 valence electrons. The molecule has 0 atom stereocenters. The molecule has 1 amide bonds. The van der Waals surface area contributed by atoms with Crippen molar-refractivity contribution in [2.75, 3.05) is 11.9 Å². The number of fused-ring (bicyclic) bond motifs is 1. The Hall–Kier alpha value is -3.10. The van der Waals surface area contributed by atoms with E-state index in [0.717, 1.165) is 23.4 Å². The lowest BCUT2D eigenvalue weighted by molar-refractivity contribution is 0.102. The number of halogens is 1. The summed E-state index contributed by atoms with van der Waals surface area (Å²) in [6, 6.07) is 14.6. The number of hydrogen-bond donors (Lipinski definition) is 1. The molecule has 1 N–H and O–H groups in total. The molecule has 9 heteroatoms. The van der Waals surface area contributed by atoms with Crippen LogP contribution < -0.4 is 10.1 Å². The molecular weight excluding hydrogens is 458 g/mol. The van der Waals surface area contributed by atoms with Crippen LogP contribution >= 0.6 is 23.4 Å². The van der Waals surface area contributed by atoms with Crippen LogP contribution in [0, 0.1) is 13.8 Å². The number of ether oxygens (including phenoxy) is 1. The van der Waals surface area contributed by atoms with E-state index in [1.54, 1.807) is 28.8 Å². The summed E-state index contributed by atoms with van der Waals surface area (Å²) in [5.41, 5.74) is 3.86. The van der Waals surface area contributed by atoms with E-state index in [1.165, 1.54) is 11.8 Å². The van der Waals surface area contributed by atoms with Gasteiger partial charge >= 0.3 is 0 Å². The van der Waals surface area contributed by atoms with Gasteiger partial charge in [-0.25, -0.2) is 9.50 Å². The highest BCUT2D eigenvalue weighted by Gasteiger charge is 2.16. The van der Waals surface area contributed by atoms with Gasteiger partial charge in [-0.05, 0) is 56.2 Å². The van der Waals surface area contributed by atoms with Crippen LogP contribution in [0.2, 0.25) is 5.02 Å². The first-order chi connectivity index (χ1) is 15.9. The van der Waals surface area contributed by atoms with Gasteiger partial charge in [0, 0.05) is 27.7 Å². The number of aromatic nitrogens is 4. The molecule has 0 aliphatic heterocycles. The number of hydrogen-bond acceptors (Lipinski definition) is 6. The number of carbonyl (C=O) groups excluding carboxylic acids is 1. The number of aryl methyl sites for hydroxylation is 2. The van der Waals surface area contributed by atoms with Gasteiger partial charge in [0.2, 0.25) is 5.16 Å². The van der Waals surface area contributed by atoms with Crippen LogP contribution in [0.3, 0.4) is 0 Å². The van der Waals surface area contributed by atoms with Gasteiger partial charge in [-0.2, -0.15) is 4.98 Å². The molecule has 0 spiro atoms. The highest BCUT2D eigenvalue weighted by Crippen LogP contribution is 2.30. The minimum Gasteiger partial charge on any atom is -0.491 e. The summed E-state index contributed by atoms with van der Waals surface area (Å²) in [5.74, 6) is 1.47. The molecule has 2 aromatic heterocycles. The van der Waals surface area contributed by atoms with Crippen LogP contribution in [0.4, 0.5) is 5.69 Å². The quantitative estimate of drug-likeness (QED) is 0.324. The normalized spacial score (nSPS) is 11.0. The first-order valence-corrected chi connectivity index (χ1v) is 12.0. The molecule has 0 saturated heterocycles. The van der Waals surface area contributed by atoms with Gasteiger partial charge in [0.15, 0.2) is 0 Å². The third-order valence-electron chi connectivity index (χ3n) is 4.87. The molecule has 0 fully saturated rings. The van der Waals surface area contributed by atoms with E-state index in [0.29, 0.717) is 45.3 Å². The smallest absolute Gasteiger partial charge is 0.256 e. The van der Waals surface area contributed by atoms with Crippen molar-refractivity contribution in [2.45, 2.75) is 38.1 Å². The lowest BCUT2D eigenvalue weighted by Crippen LogP contribution is -2.15. The monoisotopic (exact) mass is 481 g/mol. The highest BCUT2D eigenvalue weighted by molar-refractivity contribution is 7.98. The van der Waals surface area contributed by atoms with Crippen molar-refractivity contribution >= 4 is 40.7 Å². The molecule has 0 saturated carbocycles. The number of benzene rings is 2. The second-order valence-electron chi connectivity index (χ2n) is 7.53. The zero-order chi connectivity index (χ0) is 23.4. The molecule has 0 aliphatic rings. The first kappa shape index (κ1) is 23.1. The van der Waals surface area contributed by atoms with Crippen LogP contribution in [0.5, 0.6) is 5.75 Å². The summed E-state index contributed by atoms with van der Waals surface area (Å²) in [5, 5.41) is 8.61. The number of thioether (sulfide) groups is 1. The lowest BCUT2D eigenvalue weighted by atomic mass is 10.1. The van der Waals surface area contributed by atoms with Gasteiger partial charge in [0.05, 0.1) is 12.3 Å². The molecule has 0 aliphatic carbocycles. The summed E-state index contributed by atoms with van der Waals surface area (Å²) in [6.07, 6.45) is 0.863. The van der Waals surface area contributed by atoms with Crippen LogP contribution in [0.25, 0.3) is 5.78 Å². The van der Waals surface area contributed by atoms with Crippen LogP contribution in [-0.2, 0) is 5.75 Å². The summed E-state index contributed by atoms with van der Waals surface area (Å²) in [6.45, 7) is 6.48. The number of nitrogens with one attached hydrogen (secondary N) is 1. The lowest BCUT2D eigenvalue weighted by Gasteiger charge is -2.14. The van der Waals surface area contributed by atoms with Gasteiger partial charge in [0.1, 0.15) is 5.75 Å². The van der Waals surface area contributed by atoms with Gasteiger partial charge in [-0.3, -0.25) is 4.79 Å². The van der Waals surface area contributed by atoms with Crippen molar-refractivity contribution in [1.29, 1.82) is 0 Å². The number of rotatable bonds is 8. The maximum absolute atomic E-state index is 13.1. The summed E-state index contributed by atoms with van der Waals surface area (Å²) in [7, 11) is 0. The Balaban J connectivity index is 1.53. The van der Waals surface area contributed by atoms with E-state index in [9.17, 15) is 4.79 Å². The van der Waals surface area contributed by atoms with E-state index in [1.807, 2.05) is 45.0 Å². The molecule has 2 heterocycles. The number of anilines is 1. The van der Waals surface area contributed by atoms with Crippen molar-refractivity contribution in [3.63, 3.8) is 0 Å². The van der Waals surface area contributed by atoms with Crippen molar-refractivity contribution in [1.82, 2.24) is 19.6 Å². The Labute approximate surface area is 201 Å². The minimum absolute atomic E-state index is 0.231. The second-order valence-corrected chi connectivity index (χ2v) is 8.91. The number of carbonyl (C=O) groups is 1. The summed E-state index contributed by atoms with van der Waals surface area (Å²) >= 11 is 7.61. The zero-order valence-corrected chi connectivity index (χ0v) is 20.2. The topological polar surface area (TPSA) is 81.4 Å². The van der Waals surface area contributed by atoms with Crippen LogP contribution in [0.15, 0.2) is 53.7 Å². The molecule has 7 nitrogen and oxygen atoms in total.